The Labute approximate surface area is 182 Å². The van der Waals surface area contributed by atoms with Gasteiger partial charge >= 0.3 is 6.03 Å². The lowest BCUT2D eigenvalue weighted by atomic mass is 9.98. The van der Waals surface area contributed by atoms with Crippen LogP contribution in [-0.2, 0) is 16.1 Å². The molecule has 0 spiro atoms. The predicted octanol–water partition coefficient (Wildman–Crippen LogP) is 2.18. The van der Waals surface area contributed by atoms with Gasteiger partial charge in [0.1, 0.15) is 0 Å². The SMILES string of the molecule is Cc1ccccc1C(CC(=O)Nc1ccccc1CN1CCCC1C(N)=O)NC(N)=O. The number of para-hydroxylation sites is 1. The molecule has 1 fully saturated rings. The topological polar surface area (TPSA) is 131 Å². The Morgan fingerprint density at radius 3 is 2.52 bits per heavy atom. The molecule has 0 aromatic heterocycles. The number of urea groups is 1. The van der Waals surface area contributed by atoms with Crippen LogP contribution in [0.25, 0.3) is 0 Å². The lowest BCUT2D eigenvalue weighted by Crippen LogP contribution is -2.40. The second-order valence-corrected chi connectivity index (χ2v) is 7.86. The van der Waals surface area contributed by atoms with E-state index in [1.54, 1.807) is 0 Å². The number of aryl methyl sites for hydroxylation is 1. The van der Waals surface area contributed by atoms with Crippen molar-refractivity contribution in [1.82, 2.24) is 10.2 Å². The van der Waals surface area contributed by atoms with Crippen LogP contribution in [0, 0.1) is 6.92 Å². The molecule has 1 saturated heterocycles. The van der Waals surface area contributed by atoms with Crippen LogP contribution in [0.2, 0.25) is 0 Å². The van der Waals surface area contributed by atoms with Crippen molar-refractivity contribution in [2.24, 2.45) is 11.5 Å². The summed E-state index contributed by atoms with van der Waals surface area (Å²) in [5.41, 5.74) is 14.2. The predicted molar refractivity (Wildman–Crippen MR) is 119 cm³/mol. The van der Waals surface area contributed by atoms with Crippen LogP contribution in [-0.4, -0.2) is 35.3 Å². The minimum atomic E-state index is -0.687. The second-order valence-electron chi connectivity index (χ2n) is 7.86. The van der Waals surface area contributed by atoms with Gasteiger partial charge in [-0.25, -0.2) is 4.79 Å². The quantitative estimate of drug-likeness (QED) is 0.518. The molecule has 2 aromatic rings. The van der Waals surface area contributed by atoms with Crippen LogP contribution in [0.15, 0.2) is 48.5 Å². The number of carbonyl (C=O) groups is 3. The van der Waals surface area contributed by atoms with Gasteiger partial charge in [-0.15, -0.1) is 0 Å². The van der Waals surface area contributed by atoms with Gasteiger partial charge in [0.05, 0.1) is 18.5 Å². The maximum Gasteiger partial charge on any atom is 0.312 e. The Kier molecular flexibility index (Phi) is 7.25. The zero-order valence-electron chi connectivity index (χ0n) is 17.6. The minimum Gasteiger partial charge on any atom is -0.368 e. The summed E-state index contributed by atoms with van der Waals surface area (Å²) in [5, 5.41) is 5.61. The number of primary amides is 2. The van der Waals surface area contributed by atoms with Crippen molar-refractivity contribution < 1.29 is 14.4 Å². The molecule has 1 aliphatic rings. The van der Waals surface area contributed by atoms with Gasteiger partial charge in [-0.3, -0.25) is 14.5 Å². The first-order valence-corrected chi connectivity index (χ1v) is 10.4. The second kappa shape index (κ2) is 10.1. The fourth-order valence-corrected chi connectivity index (χ4v) is 4.11. The lowest BCUT2D eigenvalue weighted by Gasteiger charge is -2.24. The van der Waals surface area contributed by atoms with E-state index in [-0.39, 0.29) is 24.3 Å². The summed E-state index contributed by atoms with van der Waals surface area (Å²) >= 11 is 0. The van der Waals surface area contributed by atoms with Gasteiger partial charge < -0.3 is 22.1 Å². The first kappa shape index (κ1) is 22.3. The van der Waals surface area contributed by atoms with E-state index in [1.807, 2.05) is 60.4 Å². The smallest absolute Gasteiger partial charge is 0.312 e. The Balaban J connectivity index is 1.73. The highest BCUT2D eigenvalue weighted by Gasteiger charge is 2.29. The zero-order valence-corrected chi connectivity index (χ0v) is 17.6. The molecule has 1 heterocycles. The summed E-state index contributed by atoms with van der Waals surface area (Å²) in [5.74, 6) is -0.569. The first-order valence-electron chi connectivity index (χ1n) is 10.4. The minimum absolute atomic E-state index is 0.0375. The van der Waals surface area contributed by atoms with E-state index in [2.05, 4.69) is 10.6 Å². The molecular formula is C23H29N5O3. The van der Waals surface area contributed by atoms with Gasteiger partial charge in [0.25, 0.3) is 0 Å². The summed E-state index contributed by atoms with van der Waals surface area (Å²) < 4.78 is 0. The number of hydrogen-bond donors (Lipinski definition) is 4. The number of nitrogens with one attached hydrogen (secondary N) is 2. The number of carbonyl (C=O) groups excluding carboxylic acids is 3. The number of nitrogens with two attached hydrogens (primary N) is 2. The normalized spacial score (nSPS) is 17.1. The molecule has 2 atom stereocenters. The van der Waals surface area contributed by atoms with Crippen LogP contribution in [0.4, 0.5) is 10.5 Å². The number of benzene rings is 2. The molecule has 0 saturated carbocycles. The Hall–Kier alpha value is -3.39. The van der Waals surface area contributed by atoms with E-state index in [0.717, 1.165) is 36.1 Å². The summed E-state index contributed by atoms with van der Waals surface area (Å²) in [6.07, 6.45) is 1.70. The van der Waals surface area contributed by atoms with Crippen molar-refractivity contribution in [3.05, 3.63) is 65.2 Å². The molecule has 1 aliphatic heterocycles. The van der Waals surface area contributed by atoms with E-state index >= 15 is 0 Å². The molecule has 8 heteroatoms. The lowest BCUT2D eigenvalue weighted by molar-refractivity contribution is -0.122. The van der Waals surface area contributed by atoms with Gasteiger partial charge in [-0.1, -0.05) is 42.5 Å². The molecule has 3 rings (SSSR count). The highest BCUT2D eigenvalue weighted by Crippen LogP contribution is 2.25. The molecule has 164 valence electrons. The molecule has 6 N–H and O–H groups in total. The van der Waals surface area contributed by atoms with Crippen LogP contribution < -0.4 is 22.1 Å². The molecule has 0 radical (unpaired) electrons. The highest BCUT2D eigenvalue weighted by atomic mass is 16.2. The number of hydrogen-bond acceptors (Lipinski definition) is 4. The maximum absolute atomic E-state index is 12.9. The third kappa shape index (κ3) is 5.82. The van der Waals surface area contributed by atoms with Crippen LogP contribution in [0.3, 0.4) is 0 Å². The van der Waals surface area contributed by atoms with Crippen molar-refractivity contribution in [2.45, 2.75) is 44.8 Å². The monoisotopic (exact) mass is 423 g/mol. The Bertz CT molecular complexity index is 962. The molecule has 2 aromatic carbocycles. The molecule has 0 bridgehead atoms. The standard InChI is InChI=1S/C23H29N5O3/c1-15-7-2-4-9-17(15)19(27-23(25)31)13-21(29)26-18-10-5-3-8-16(18)14-28-12-6-11-20(28)22(24)30/h2-5,7-10,19-20H,6,11-14H2,1H3,(H2,24,30)(H,26,29)(H3,25,27,31). The Morgan fingerprint density at radius 2 is 1.81 bits per heavy atom. The van der Waals surface area contributed by atoms with Crippen molar-refractivity contribution >= 4 is 23.5 Å². The molecule has 2 unspecified atom stereocenters. The summed E-state index contributed by atoms with van der Waals surface area (Å²) in [6.45, 7) is 3.22. The molecule has 31 heavy (non-hydrogen) atoms. The van der Waals surface area contributed by atoms with E-state index in [0.29, 0.717) is 12.2 Å². The van der Waals surface area contributed by atoms with E-state index in [9.17, 15) is 14.4 Å². The Morgan fingerprint density at radius 1 is 1.10 bits per heavy atom. The van der Waals surface area contributed by atoms with Gasteiger partial charge in [0.2, 0.25) is 11.8 Å². The van der Waals surface area contributed by atoms with E-state index < -0.39 is 12.1 Å². The fourth-order valence-electron chi connectivity index (χ4n) is 4.11. The summed E-state index contributed by atoms with van der Waals surface area (Å²) in [7, 11) is 0. The number of nitrogens with zero attached hydrogens (tertiary/aromatic N) is 1. The number of anilines is 1. The number of amides is 4. The largest absolute Gasteiger partial charge is 0.368 e. The summed E-state index contributed by atoms with van der Waals surface area (Å²) in [4.78, 5) is 38.1. The highest BCUT2D eigenvalue weighted by molar-refractivity contribution is 5.92. The van der Waals surface area contributed by atoms with Crippen LogP contribution >= 0.6 is 0 Å². The van der Waals surface area contributed by atoms with E-state index in [4.69, 9.17) is 11.5 Å². The third-order valence-corrected chi connectivity index (χ3v) is 5.63. The van der Waals surface area contributed by atoms with E-state index in [1.165, 1.54) is 0 Å². The molecule has 0 aliphatic carbocycles. The zero-order chi connectivity index (χ0) is 22.4. The van der Waals surface area contributed by atoms with Gasteiger partial charge in [0, 0.05) is 12.2 Å². The average Bonchev–Trinajstić information content (AvgIpc) is 3.17. The van der Waals surface area contributed by atoms with Crippen molar-refractivity contribution in [1.29, 1.82) is 0 Å². The van der Waals surface area contributed by atoms with Gasteiger partial charge in [-0.2, -0.15) is 0 Å². The fraction of sp³-hybridized carbons (Fsp3) is 0.348. The molecular weight excluding hydrogens is 394 g/mol. The third-order valence-electron chi connectivity index (χ3n) is 5.63. The first-order chi connectivity index (χ1) is 14.8. The van der Waals surface area contributed by atoms with Crippen LogP contribution in [0.5, 0.6) is 0 Å². The number of rotatable bonds is 8. The molecule has 8 nitrogen and oxygen atoms in total. The van der Waals surface area contributed by atoms with Crippen LogP contribution in [0.1, 0.15) is 42.0 Å². The number of likely N-dealkylation sites (tertiary alicyclic amines) is 1. The molecule has 4 amide bonds. The maximum atomic E-state index is 12.9. The summed E-state index contributed by atoms with van der Waals surface area (Å²) in [6, 6.07) is 13.5. The van der Waals surface area contributed by atoms with Crippen molar-refractivity contribution in [3.63, 3.8) is 0 Å². The van der Waals surface area contributed by atoms with Crippen molar-refractivity contribution in [2.75, 3.05) is 11.9 Å². The van der Waals surface area contributed by atoms with Gasteiger partial charge in [0.15, 0.2) is 0 Å². The average molecular weight is 424 g/mol. The van der Waals surface area contributed by atoms with Gasteiger partial charge in [-0.05, 0) is 49.1 Å². The van der Waals surface area contributed by atoms with Crippen molar-refractivity contribution in [3.8, 4) is 0 Å².